The summed E-state index contributed by atoms with van der Waals surface area (Å²) in [6.45, 7) is 2.23. The fourth-order valence-corrected chi connectivity index (χ4v) is 2.39. The number of benzene rings is 1. The molecule has 0 saturated heterocycles. The number of carbonyl (C=O) groups excluding carboxylic acids is 1. The maximum atomic E-state index is 13.2. The first-order valence-electron chi connectivity index (χ1n) is 7.27. The Morgan fingerprint density at radius 2 is 2.12 bits per heavy atom. The predicted octanol–water partition coefficient (Wildman–Crippen LogP) is 2.87. The number of carbonyl (C=O) groups is 1. The molecule has 1 N–H and O–H groups in total. The Bertz CT molecular complexity index is 853. The van der Waals surface area contributed by atoms with Gasteiger partial charge in [-0.05, 0) is 24.6 Å². The van der Waals surface area contributed by atoms with Crippen LogP contribution < -0.4 is 5.32 Å². The molecule has 8 heteroatoms. The second-order valence-corrected chi connectivity index (χ2v) is 5.74. The van der Waals surface area contributed by atoms with Gasteiger partial charge in [-0.1, -0.05) is 23.7 Å². The van der Waals surface area contributed by atoms with Crippen LogP contribution in [-0.2, 0) is 17.9 Å². The van der Waals surface area contributed by atoms with E-state index in [4.69, 9.17) is 11.6 Å². The Hall–Kier alpha value is -2.67. The van der Waals surface area contributed by atoms with Crippen LogP contribution in [0, 0.1) is 12.7 Å². The third kappa shape index (κ3) is 3.99. The smallest absolute Gasteiger partial charge is 0.247 e. The van der Waals surface area contributed by atoms with Crippen molar-refractivity contribution in [1.82, 2.24) is 19.6 Å². The van der Waals surface area contributed by atoms with Crippen molar-refractivity contribution in [2.45, 2.75) is 20.0 Å². The van der Waals surface area contributed by atoms with Gasteiger partial charge in [0, 0.05) is 18.5 Å². The van der Waals surface area contributed by atoms with Crippen molar-refractivity contribution in [2.75, 3.05) is 5.32 Å². The quantitative estimate of drug-likeness (QED) is 0.771. The van der Waals surface area contributed by atoms with Crippen molar-refractivity contribution in [3.05, 3.63) is 64.8 Å². The van der Waals surface area contributed by atoms with E-state index in [1.54, 1.807) is 36.1 Å². The number of halogens is 2. The van der Waals surface area contributed by atoms with E-state index >= 15 is 0 Å². The van der Waals surface area contributed by atoms with Gasteiger partial charge in [-0.15, -0.1) is 0 Å². The highest BCUT2D eigenvalue weighted by Gasteiger charge is 2.09. The average Bonchev–Trinajstić information content (AvgIpc) is 3.06. The number of anilines is 1. The molecule has 24 heavy (non-hydrogen) atoms. The highest BCUT2D eigenvalue weighted by atomic mass is 35.5. The number of rotatable bonds is 5. The number of hydrogen-bond acceptors (Lipinski definition) is 3. The van der Waals surface area contributed by atoms with Crippen molar-refractivity contribution in [2.24, 2.45) is 0 Å². The van der Waals surface area contributed by atoms with Crippen LogP contribution in [-0.4, -0.2) is 25.5 Å². The fourth-order valence-electron chi connectivity index (χ4n) is 2.24. The molecule has 0 bridgehead atoms. The van der Waals surface area contributed by atoms with Gasteiger partial charge in [-0.3, -0.25) is 14.2 Å². The van der Waals surface area contributed by atoms with Crippen LogP contribution in [0.2, 0.25) is 5.02 Å². The normalized spacial score (nSPS) is 10.8. The lowest BCUT2D eigenvalue weighted by molar-refractivity contribution is -0.116. The molecule has 2 heterocycles. The lowest BCUT2D eigenvalue weighted by atomic mass is 10.2. The molecule has 2 aromatic heterocycles. The number of nitrogens with one attached hydrogen (secondary N) is 1. The summed E-state index contributed by atoms with van der Waals surface area (Å²) in [5.74, 6) is -0.127. The van der Waals surface area contributed by atoms with Crippen LogP contribution in [0.3, 0.4) is 0 Å². The van der Waals surface area contributed by atoms with Gasteiger partial charge in [-0.2, -0.15) is 10.2 Å². The molecule has 0 aliphatic rings. The van der Waals surface area contributed by atoms with E-state index in [-0.39, 0.29) is 18.3 Å². The van der Waals surface area contributed by atoms with Gasteiger partial charge in [0.1, 0.15) is 12.4 Å². The van der Waals surface area contributed by atoms with Crippen LogP contribution in [0.4, 0.5) is 10.2 Å². The molecule has 0 unspecified atom stereocenters. The van der Waals surface area contributed by atoms with Gasteiger partial charge in [0.05, 0.1) is 17.3 Å². The molecule has 0 radical (unpaired) electrons. The number of aryl methyl sites for hydroxylation is 1. The standard InChI is InChI=1S/C16H15ClFN5O/c1-11-14(17)9-23(20-11)10-16(24)19-15-5-6-22(21-15)8-12-3-2-4-13(18)7-12/h2-7,9H,8,10H2,1H3,(H,19,21,24). The number of hydrogen-bond donors (Lipinski definition) is 1. The molecule has 0 fully saturated rings. The van der Waals surface area contributed by atoms with Gasteiger partial charge in [0.25, 0.3) is 0 Å². The highest BCUT2D eigenvalue weighted by molar-refractivity contribution is 6.31. The van der Waals surface area contributed by atoms with Crippen molar-refractivity contribution in [3.63, 3.8) is 0 Å². The minimum Gasteiger partial charge on any atom is -0.308 e. The van der Waals surface area contributed by atoms with Gasteiger partial charge in [-0.25, -0.2) is 4.39 Å². The van der Waals surface area contributed by atoms with Crippen LogP contribution in [0.15, 0.2) is 42.7 Å². The molecule has 0 atom stereocenters. The molecule has 6 nitrogen and oxygen atoms in total. The first-order chi connectivity index (χ1) is 11.5. The Balaban J connectivity index is 1.60. The third-order valence-electron chi connectivity index (χ3n) is 3.33. The van der Waals surface area contributed by atoms with Gasteiger partial charge >= 0.3 is 0 Å². The van der Waals surface area contributed by atoms with Crippen LogP contribution >= 0.6 is 11.6 Å². The molecular formula is C16H15ClFN5O. The Morgan fingerprint density at radius 3 is 2.83 bits per heavy atom. The zero-order chi connectivity index (χ0) is 17.1. The second kappa shape index (κ2) is 6.84. The van der Waals surface area contributed by atoms with Gasteiger partial charge in [0.2, 0.25) is 5.91 Å². The Kier molecular flexibility index (Phi) is 4.61. The Morgan fingerprint density at radius 1 is 1.29 bits per heavy atom. The molecule has 0 saturated carbocycles. The summed E-state index contributed by atoms with van der Waals surface area (Å²) in [4.78, 5) is 12.0. The van der Waals surface area contributed by atoms with E-state index < -0.39 is 0 Å². The lowest BCUT2D eigenvalue weighted by Gasteiger charge is -2.03. The monoisotopic (exact) mass is 347 g/mol. The maximum Gasteiger partial charge on any atom is 0.247 e. The first-order valence-corrected chi connectivity index (χ1v) is 7.65. The molecule has 3 aromatic rings. The van der Waals surface area contributed by atoms with E-state index in [9.17, 15) is 9.18 Å². The lowest BCUT2D eigenvalue weighted by Crippen LogP contribution is -2.19. The molecule has 0 aliphatic heterocycles. The Labute approximate surface area is 142 Å². The number of amides is 1. The largest absolute Gasteiger partial charge is 0.308 e. The first kappa shape index (κ1) is 16.2. The summed E-state index contributed by atoms with van der Waals surface area (Å²) in [6.07, 6.45) is 3.31. The SMILES string of the molecule is Cc1nn(CC(=O)Nc2ccn(Cc3cccc(F)c3)n2)cc1Cl. The molecule has 1 amide bonds. The van der Waals surface area contributed by atoms with Gasteiger partial charge in [0.15, 0.2) is 5.82 Å². The fraction of sp³-hybridized carbons (Fsp3) is 0.188. The van der Waals surface area contributed by atoms with Crippen molar-refractivity contribution >= 4 is 23.3 Å². The van der Waals surface area contributed by atoms with E-state index in [1.165, 1.54) is 16.8 Å². The highest BCUT2D eigenvalue weighted by Crippen LogP contribution is 2.12. The summed E-state index contributed by atoms with van der Waals surface area (Å²) >= 11 is 5.91. The minimum absolute atomic E-state index is 0.0459. The predicted molar refractivity (Wildman–Crippen MR) is 88.3 cm³/mol. The minimum atomic E-state index is -0.290. The topological polar surface area (TPSA) is 64.7 Å². The van der Waals surface area contributed by atoms with E-state index in [1.807, 2.05) is 6.07 Å². The maximum absolute atomic E-state index is 13.2. The van der Waals surface area contributed by atoms with Crippen LogP contribution in [0.25, 0.3) is 0 Å². The average molecular weight is 348 g/mol. The van der Waals surface area contributed by atoms with E-state index in [0.717, 1.165) is 5.56 Å². The summed E-state index contributed by atoms with van der Waals surface area (Å²) in [6, 6.07) is 7.98. The number of aromatic nitrogens is 4. The molecule has 1 aromatic carbocycles. The van der Waals surface area contributed by atoms with Crippen molar-refractivity contribution in [3.8, 4) is 0 Å². The molecule has 124 valence electrons. The summed E-state index contributed by atoms with van der Waals surface area (Å²) in [5, 5.41) is 11.6. The molecule has 3 rings (SSSR count). The summed E-state index contributed by atoms with van der Waals surface area (Å²) in [7, 11) is 0. The molecular weight excluding hydrogens is 333 g/mol. The third-order valence-corrected chi connectivity index (χ3v) is 3.70. The molecule has 0 aliphatic carbocycles. The van der Waals surface area contributed by atoms with Crippen molar-refractivity contribution < 1.29 is 9.18 Å². The summed E-state index contributed by atoms with van der Waals surface area (Å²) in [5.41, 5.74) is 1.46. The van der Waals surface area contributed by atoms with Crippen LogP contribution in [0.5, 0.6) is 0 Å². The van der Waals surface area contributed by atoms with E-state index in [0.29, 0.717) is 23.1 Å². The van der Waals surface area contributed by atoms with E-state index in [2.05, 4.69) is 15.5 Å². The summed E-state index contributed by atoms with van der Waals surface area (Å²) < 4.78 is 16.3. The number of nitrogens with zero attached hydrogens (tertiary/aromatic N) is 4. The zero-order valence-corrected chi connectivity index (χ0v) is 13.7. The second-order valence-electron chi connectivity index (χ2n) is 5.34. The van der Waals surface area contributed by atoms with Crippen LogP contribution in [0.1, 0.15) is 11.3 Å². The molecule has 0 spiro atoms. The van der Waals surface area contributed by atoms with Crippen molar-refractivity contribution in [1.29, 1.82) is 0 Å². The van der Waals surface area contributed by atoms with Gasteiger partial charge < -0.3 is 5.32 Å². The zero-order valence-electron chi connectivity index (χ0n) is 12.9.